The molecule has 0 N–H and O–H groups in total. The standard InChI is InChI=1S/C13H16N2S/c1-10-12(16-13(14-10)15(2)3)9-11-7-5-4-6-8-11/h4-8H,9H2,1-3H3. The summed E-state index contributed by atoms with van der Waals surface area (Å²) in [5.74, 6) is 0. The van der Waals surface area contributed by atoms with Crippen molar-refractivity contribution in [1.29, 1.82) is 0 Å². The zero-order chi connectivity index (χ0) is 11.5. The van der Waals surface area contributed by atoms with Crippen molar-refractivity contribution in [1.82, 2.24) is 4.98 Å². The van der Waals surface area contributed by atoms with Crippen molar-refractivity contribution in [3.05, 3.63) is 46.5 Å². The van der Waals surface area contributed by atoms with Crippen molar-refractivity contribution in [2.75, 3.05) is 19.0 Å². The first kappa shape index (κ1) is 11.1. The highest BCUT2D eigenvalue weighted by Crippen LogP contribution is 2.26. The lowest BCUT2D eigenvalue weighted by Gasteiger charge is -2.05. The molecule has 0 aliphatic carbocycles. The van der Waals surface area contributed by atoms with Crippen molar-refractivity contribution in [2.24, 2.45) is 0 Å². The average molecular weight is 232 g/mol. The van der Waals surface area contributed by atoms with E-state index in [0.29, 0.717) is 0 Å². The van der Waals surface area contributed by atoms with E-state index in [0.717, 1.165) is 17.2 Å². The van der Waals surface area contributed by atoms with Gasteiger partial charge in [-0.3, -0.25) is 0 Å². The number of aryl methyl sites for hydroxylation is 1. The van der Waals surface area contributed by atoms with Gasteiger partial charge in [0.15, 0.2) is 5.13 Å². The second-order valence-electron chi connectivity index (χ2n) is 4.06. The highest BCUT2D eigenvalue weighted by Gasteiger charge is 2.09. The molecule has 0 aliphatic rings. The van der Waals surface area contributed by atoms with Gasteiger partial charge in [-0.1, -0.05) is 30.3 Å². The zero-order valence-electron chi connectivity index (χ0n) is 9.90. The van der Waals surface area contributed by atoms with Crippen LogP contribution in [0.2, 0.25) is 0 Å². The lowest BCUT2D eigenvalue weighted by Crippen LogP contribution is -2.07. The number of nitrogens with zero attached hydrogens (tertiary/aromatic N) is 2. The van der Waals surface area contributed by atoms with Crippen LogP contribution >= 0.6 is 11.3 Å². The van der Waals surface area contributed by atoms with E-state index in [4.69, 9.17) is 0 Å². The van der Waals surface area contributed by atoms with Crippen molar-refractivity contribution < 1.29 is 0 Å². The molecule has 0 unspecified atom stereocenters. The molecule has 0 amide bonds. The fourth-order valence-electron chi connectivity index (χ4n) is 1.55. The van der Waals surface area contributed by atoms with Crippen LogP contribution in [-0.4, -0.2) is 19.1 Å². The van der Waals surface area contributed by atoms with Gasteiger partial charge in [0.1, 0.15) is 0 Å². The summed E-state index contributed by atoms with van der Waals surface area (Å²) in [4.78, 5) is 7.97. The molecule has 2 rings (SSSR count). The Kier molecular flexibility index (Phi) is 3.25. The minimum absolute atomic E-state index is 0.984. The fraction of sp³-hybridized carbons (Fsp3) is 0.308. The third-order valence-corrected chi connectivity index (χ3v) is 3.80. The Labute approximate surface area is 101 Å². The number of hydrogen-bond acceptors (Lipinski definition) is 3. The Morgan fingerprint density at radius 3 is 2.44 bits per heavy atom. The largest absolute Gasteiger partial charge is 0.354 e. The number of rotatable bonds is 3. The van der Waals surface area contributed by atoms with Crippen LogP contribution in [0, 0.1) is 6.92 Å². The summed E-state index contributed by atoms with van der Waals surface area (Å²) in [7, 11) is 4.06. The van der Waals surface area contributed by atoms with Gasteiger partial charge in [-0.15, -0.1) is 11.3 Å². The molecule has 3 heteroatoms. The average Bonchev–Trinajstić information content (AvgIpc) is 2.62. The first-order valence-corrected chi connectivity index (χ1v) is 6.16. The molecule has 0 aliphatic heterocycles. The van der Waals surface area contributed by atoms with Gasteiger partial charge in [-0.25, -0.2) is 4.98 Å². The Morgan fingerprint density at radius 2 is 1.88 bits per heavy atom. The van der Waals surface area contributed by atoms with Crippen LogP contribution in [-0.2, 0) is 6.42 Å². The van der Waals surface area contributed by atoms with Crippen LogP contribution in [0.25, 0.3) is 0 Å². The first-order valence-electron chi connectivity index (χ1n) is 5.34. The molecule has 0 bridgehead atoms. The van der Waals surface area contributed by atoms with E-state index in [-0.39, 0.29) is 0 Å². The van der Waals surface area contributed by atoms with E-state index in [1.165, 1.54) is 10.4 Å². The lowest BCUT2D eigenvalue weighted by atomic mass is 10.1. The van der Waals surface area contributed by atoms with Crippen molar-refractivity contribution in [2.45, 2.75) is 13.3 Å². The van der Waals surface area contributed by atoms with Crippen LogP contribution < -0.4 is 4.90 Å². The van der Waals surface area contributed by atoms with Gasteiger partial charge in [-0.05, 0) is 12.5 Å². The fourth-order valence-corrected chi connectivity index (χ4v) is 2.57. The number of hydrogen-bond donors (Lipinski definition) is 0. The molecule has 1 aromatic heterocycles. The maximum Gasteiger partial charge on any atom is 0.185 e. The predicted octanol–water partition coefficient (Wildman–Crippen LogP) is 3.11. The third kappa shape index (κ3) is 2.42. The lowest BCUT2D eigenvalue weighted by molar-refractivity contribution is 1.07. The Bertz CT molecular complexity index is 460. The monoisotopic (exact) mass is 232 g/mol. The molecule has 16 heavy (non-hydrogen) atoms. The first-order chi connectivity index (χ1) is 7.66. The van der Waals surface area contributed by atoms with Crippen LogP contribution in [0.5, 0.6) is 0 Å². The van der Waals surface area contributed by atoms with Gasteiger partial charge in [0, 0.05) is 25.4 Å². The molecule has 0 spiro atoms. The summed E-state index contributed by atoms with van der Waals surface area (Å²) in [5, 5.41) is 1.09. The van der Waals surface area contributed by atoms with Gasteiger partial charge in [0.2, 0.25) is 0 Å². The second kappa shape index (κ2) is 4.66. The number of benzene rings is 1. The molecule has 0 radical (unpaired) electrons. The highest BCUT2D eigenvalue weighted by atomic mass is 32.1. The maximum absolute atomic E-state index is 4.55. The second-order valence-corrected chi connectivity index (χ2v) is 5.12. The predicted molar refractivity (Wildman–Crippen MR) is 70.4 cm³/mol. The van der Waals surface area contributed by atoms with Crippen LogP contribution in [0.1, 0.15) is 16.1 Å². The highest BCUT2D eigenvalue weighted by molar-refractivity contribution is 7.15. The molecular formula is C13H16N2S. The molecular weight excluding hydrogens is 216 g/mol. The van der Waals surface area contributed by atoms with Gasteiger partial charge < -0.3 is 4.90 Å². The molecule has 1 heterocycles. The van der Waals surface area contributed by atoms with Gasteiger partial charge in [-0.2, -0.15) is 0 Å². The number of thiazole rings is 1. The van der Waals surface area contributed by atoms with Crippen LogP contribution in [0.4, 0.5) is 5.13 Å². The quantitative estimate of drug-likeness (QED) is 0.808. The molecule has 0 saturated carbocycles. The van der Waals surface area contributed by atoms with Crippen molar-refractivity contribution in [3.8, 4) is 0 Å². The molecule has 2 aromatic rings. The summed E-state index contributed by atoms with van der Waals surface area (Å²) < 4.78 is 0. The summed E-state index contributed by atoms with van der Waals surface area (Å²) >= 11 is 1.78. The third-order valence-electron chi connectivity index (χ3n) is 2.47. The number of anilines is 1. The van der Waals surface area contributed by atoms with E-state index >= 15 is 0 Å². The van der Waals surface area contributed by atoms with Gasteiger partial charge in [0.05, 0.1) is 5.69 Å². The van der Waals surface area contributed by atoms with E-state index in [9.17, 15) is 0 Å². The SMILES string of the molecule is Cc1nc(N(C)C)sc1Cc1ccccc1. The molecule has 0 fully saturated rings. The smallest absolute Gasteiger partial charge is 0.185 e. The Balaban J connectivity index is 2.22. The number of aromatic nitrogens is 1. The van der Waals surface area contributed by atoms with E-state index < -0.39 is 0 Å². The van der Waals surface area contributed by atoms with Crippen molar-refractivity contribution in [3.63, 3.8) is 0 Å². The topological polar surface area (TPSA) is 16.1 Å². The molecule has 2 nitrogen and oxygen atoms in total. The zero-order valence-corrected chi connectivity index (χ0v) is 10.7. The minimum atomic E-state index is 0.984. The normalized spacial score (nSPS) is 10.4. The van der Waals surface area contributed by atoms with Gasteiger partial charge >= 0.3 is 0 Å². The van der Waals surface area contributed by atoms with E-state index in [1.54, 1.807) is 11.3 Å². The minimum Gasteiger partial charge on any atom is -0.354 e. The van der Waals surface area contributed by atoms with Gasteiger partial charge in [0.25, 0.3) is 0 Å². The maximum atomic E-state index is 4.55. The Hall–Kier alpha value is -1.35. The summed E-state index contributed by atoms with van der Waals surface area (Å²) in [6.07, 6.45) is 0.984. The molecule has 1 aromatic carbocycles. The molecule has 84 valence electrons. The molecule has 0 atom stereocenters. The van der Waals surface area contributed by atoms with E-state index in [1.807, 2.05) is 20.2 Å². The summed E-state index contributed by atoms with van der Waals surface area (Å²) in [5.41, 5.74) is 2.50. The van der Waals surface area contributed by atoms with E-state index in [2.05, 4.69) is 41.1 Å². The van der Waals surface area contributed by atoms with Crippen molar-refractivity contribution >= 4 is 16.5 Å². The molecule has 0 saturated heterocycles. The van der Waals surface area contributed by atoms with Crippen LogP contribution in [0.3, 0.4) is 0 Å². The summed E-state index contributed by atoms with van der Waals surface area (Å²) in [6.45, 7) is 2.09. The summed E-state index contributed by atoms with van der Waals surface area (Å²) in [6, 6.07) is 10.5. The Morgan fingerprint density at radius 1 is 1.19 bits per heavy atom. The van der Waals surface area contributed by atoms with Crippen LogP contribution in [0.15, 0.2) is 30.3 Å².